The van der Waals surface area contributed by atoms with E-state index in [-0.39, 0.29) is 5.91 Å². The summed E-state index contributed by atoms with van der Waals surface area (Å²) >= 11 is 1.59. The monoisotopic (exact) mass is 340 g/mol. The molecule has 3 aliphatic rings. The van der Waals surface area contributed by atoms with E-state index in [0.717, 1.165) is 9.75 Å². The molecule has 0 unspecified atom stereocenters. The number of nitrogens with zero attached hydrogens (tertiary/aromatic N) is 1. The summed E-state index contributed by atoms with van der Waals surface area (Å²) in [7, 11) is 0. The number of amides is 1. The average Bonchev–Trinajstić information content (AvgIpc) is 3.09. The summed E-state index contributed by atoms with van der Waals surface area (Å²) < 4.78 is 0. The summed E-state index contributed by atoms with van der Waals surface area (Å²) in [6, 6.07) is 13.2. The summed E-state index contributed by atoms with van der Waals surface area (Å²) in [5, 5.41) is 3.32. The van der Waals surface area contributed by atoms with Gasteiger partial charge in [0, 0.05) is 17.0 Å². The highest BCUT2D eigenvalue weighted by Gasteiger charge is 2.40. The van der Waals surface area contributed by atoms with Crippen LogP contribution in [0.3, 0.4) is 0 Å². The van der Waals surface area contributed by atoms with Crippen LogP contribution in [0.2, 0.25) is 0 Å². The van der Waals surface area contributed by atoms with Crippen LogP contribution in [-0.4, -0.2) is 36.0 Å². The molecule has 2 bridgehead atoms. The molecule has 3 aliphatic heterocycles. The molecular formula is C20H24N2OS. The molecule has 126 valence electrons. The zero-order chi connectivity index (χ0) is 16.7. The van der Waals surface area contributed by atoms with Gasteiger partial charge in [-0.3, -0.25) is 9.69 Å². The molecule has 5 rings (SSSR count). The van der Waals surface area contributed by atoms with E-state index in [1.807, 2.05) is 6.07 Å². The van der Waals surface area contributed by atoms with Crippen molar-refractivity contribution in [3.8, 4) is 10.4 Å². The number of aryl methyl sites for hydroxylation is 1. The van der Waals surface area contributed by atoms with E-state index in [2.05, 4.69) is 54.4 Å². The highest BCUT2D eigenvalue weighted by molar-refractivity contribution is 7.17. The highest BCUT2D eigenvalue weighted by Crippen LogP contribution is 2.33. The Morgan fingerprint density at radius 1 is 1.21 bits per heavy atom. The van der Waals surface area contributed by atoms with Crippen molar-refractivity contribution in [3.63, 3.8) is 0 Å². The zero-order valence-corrected chi connectivity index (χ0v) is 15.1. The van der Waals surface area contributed by atoms with Crippen LogP contribution in [0.1, 0.15) is 35.0 Å². The summed E-state index contributed by atoms with van der Waals surface area (Å²) in [6.07, 6.45) is 2.43. The van der Waals surface area contributed by atoms with E-state index in [4.69, 9.17) is 0 Å². The van der Waals surface area contributed by atoms with E-state index >= 15 is 0 Å². The van der Waals surface area contributed by atoms with Crippen LogP contribution in [0.15, 0.2) is 36.4 Å². The van der Waals surface area contributed by atoms with Gasteiger partial charge in [-0.1, -0.05) is 29.8 Å². The van der Waals surface area contributed by atoms with Gasteiger partial charge in [0.05, 0.1) is 4.88 Å². The standard InChI is InChI=1S/C20H24N2OS/c1-13-4-3-5-16(12-13)17-6-7-18(24-17)20(23)21-19-14(2)22-10-8-15(19)9-11-22/h3-7,12,14-15,19H,8-11H2,1-2H3,(H,21,23)/t14-,19-/m0/s1. The number of carbonyl (C=O) groups excluding carboxylic acids is 1. The first-order valence-electron chi connectivity index (χ1n) is 8.83. The second kappa shape index (κ2) is 6.34. The first kappa shape index (κ1) is 15.9. The fraction of sp³-hybridized carbons (Fsp3) is 0.450. The Morgan fingerprint density at radius 2 is 2.00 bits per heavy atom. The van der Waals surface area contributed by atoms with Crippen LogP contribution < -0.4 is 5.32 Å². The lowest BCUT2D eigenvalue weighted by atomic mass is 9.79. The van der Waals surface area contributed by atoms with Gasteiger partial charge in [0.2, 0.25) is 0 Å². The van der Waals surface area contributed by atoms with Crippen molar-refractivity contribution in [3.05, 3.63) is 46.8 Å². The summed E-state index contributed by atoms with van der Waals surface area (Å²) in [5.41, 5.74) is 2.43. The first-order chi connectivity index (χ1) is 11.6. The summed E-state index contributed by atoms with van der Waals surface area (Å²) in [6.45, 7) is 6.73. The van der Waals surface area contributed by atoms with Gasteiger partial charge in [-0.05, 0) is 63.4 Å². The van der Waals surface area contributed by atoms with Gasteiger partial charge in [0.1, 0.15) is 0 Å². The number of benzene rings is 1. The number of piperidine rings is 3. The van der Waals surface area contributed by atoms with Crippen molar-refractivity contribution in [2.75, 3.05) is 13.1 Å². The predicted molar refractivity (Wildman–Crippen MR) is 99.5 cm³/mol. The second-order valence-corrected chi connectivity index (χ2v) is 8.23. The fourth-order valence-electron chi connectivity index (χ4n) is 4.18. The van der Waals surface area contributed by atoms with Crippen molar-refractivity contribution in [2.45, 2.75) is 38.8 Å². The van der Waals surface area contributed by atoms with Gasteiger partial charge in [-0.25, -0.2) is 0 Å². The Bertz CT molecular complexity index is 744. The molecule has 1 aromatic carbocycles. The molecule has 0 radical (unpaired) electrons. The van der Waals surface area contributed by atoms with Crippen molar-refractivity contribution in [1.29, 1.82) is 0 Å². The van der Waals surface area contributed by atoms with E-state index < -0.39 is 0 Å². The topological polar surface area (TPSA) is 32.3 Å². The third-order valence-corrected chi connectivity index (χ3v) is 6.74. The molecule has 24 heavy (non-hydrogen) atoms. The highest BCUT2D eigenvalue weighted by atomic mass is 32.1. The molecule has 1 N–H and O–H groups in total. The maximum atomic E-state index is 12.7. The van der Waals surface area contributed by atoms with Gasteiger partial charge < -0.3 is 5.32 Å². The maximum Gasteiger partial charge on any atom is 0.261 e. The van der Waals surface area contributed by atoms with Crippen molar-refractivity contribution in [2.24, 2.45) is 5.92 Å². The molecule has 2 atom stereocenters. The Balaban J connectivity index is 1.49. The van der Waals surface area contributed by atoms with E-state index in [9.17, 15) is 4.79 Å². The summed E-state index contributed by atoms with van der Waals surface area (Å²) in [4.78, 5) is 17.2. The SMILES string of the molecule is Cc1cccc(-c2ccc(C(=O)N[C@@H]3C4CCN(CC4)[C@H]3C)s2)c1. The van der Waals surface area contributed by atoms with Crippen molar-refractivity contribution in [1.82, 2.24) is 10.2 Å². The van der Waals surface area contributed by atoms with Gasteiger partial charge in [-0.2, -0.15) is 0 Å². The minimum Gasteiger partial charge on any atom is -0.347 e. The first-order valence-corrected chi connectivity index (χ1v) is 9.65. The maximum absolute atomic E-state index is 12.7. The number of carbonyl (C=O) groups is 1. The number of hydrogen-bond acceptors (Lipinski definition) is 3. The lowest BCUT2D eigenvalue weighted by Crippen LogP contribution is -2.62. The smallest absolute Gasteiger partial charge is 0.261 e. The Kier molecular flexibility index (Phi) is 4.19. The van der Waals surface area contributed by atoms with Gasteiger partial charge in [-0.15, -0.1) is 11.3 Å². The van der Waals surface area contributed by atoms with E-state index in [1.165, 1.54) is 37.1 Å². The molecule has 3 nitrogen and oxygen atoms in total. The molecular weight excluding hydrogens is 316 g/mol. The number of hydrogen-bond donors (Lipinski definition) is 1. The number of nitrogens with one attached hydrogen (secondary N) is 1. The minimum absolute atomic E-state index is 0.0875. The van der Waals surface area contributed by atoms with Gasteiger partial charge >= 0.3 is 0 Å². The quantitative estimate of drug-likeness (QED) is 0.918. The normalized spacial score (nSPS) is 28.8. The van der Waals surface area contributed by atoms with Crippen LogP contribution >= 0.6 is 11.3 Å². The van der Waals surface area contributed by atoms with E-state index in [0.29, 0.717) is 18.0 Å². The predicted octanol–water partition coefficient (Wildman–Crippen LogP) is 3.94. The van der Waals surface area contributed by atoms with Crippen LogP contribution in [0.25, 0.3) is 10.4 Å². The molecule has 1 amide bonds. The Labute approximate surface area is 147 Å². The molecule has 3 fully saturated rings. The minimum atomic E-state index is 0.0875. The largest absolute Gasteiger partial charge is 0.347 e. The van der Waals surface area contributed by atoms with Crippen LogP contribution in [0, 0.1) is 12.8 Å². The molecule has 4 heteroatoms. The van der Waals surface area contributed by atoms with Gasteiger partial charge in [0.15, 0.2) is 0 Å². The van der Waals surface area contributed by atoms with Crippen molar-refractivity contribution < 1.29 is 4.79 Å². The van der Waals surface area contributed by atoms with Crippen LogP contribution in [-0.2, 0) is 0 Å². The Hall–Kier alpha value is -1.65. The Morgan fingerprint density at radius 3 is 2.71 bits per heavy atom. The second-order valence-electron chi connectivity index (χ2n) is 7.15. The molecule has 3 saturated heterocycles. The van der Waals surface area contributed by atoms with Crippen LogP contribution in [0.5, 0.6) is 0 Å². The molecule has 4 heterocycles. The molecule has 1 aromatic heterocycles. The van der Waals surface area contributed by atoms with Crippen LogP contribution in [0.4, 0.5) is 0 Å². The molecule has 0 spiro atoms. The molecule has 0 saturated carbocycles. The average molecular weight is 340 g/mol. The molecule has 0 aliphatic carbocycles. The number of fused-ring (bicyclic) bond motifs is 3. The molecule has 2 aromatic rings. The zero-order valence-electron chi connectivity index (χ0n) is 14.3. The van der Waals surface area contributed by atoms with Crippen molar-refractivity contribution >= 4 is 17.2 Å². The van der Waals surface area contributed by atoms with E-state index in [1.54, 1.807) is 11.3 Å². The number of thiophene rings is 1. The third-order valence-electron chi connectivity index (χ3n) is 5.61. The van der Waals surface area contributed by atoms with Gasteiger partial charge in [0.25, 0.3) is 5.91 Å². The lowest BCUT2D eigenvalue weighted by Gasteiger charge is -2.49. The lowest BCUT2D eigenvalue weighted by molar-refractivity contribution is 0.0218. The number of rotatable bonds is 3. The third kappa shape index (κ3) is 2.89. The summed E-state index contributed by atoms with van der Waals surface area (Å²) in [5.74, 6) is 0.731. The fourth-order valence-corrected chi connectivity index (χ4v) is 5.09.